The van der Waals surface area contributed by atoms with Crippen LogP contribution in [-0.4, -0.2) is 19.1 Å². The summed E-state index contributed by atoms with van der Waals surface area (Å²) in [5, 5.41) is 3.30. The molecule has 5 heteroatoms. The van der Waals surface area contributed by atoms with E-state index in [1.54, 1.807) is 24.3 Å². The van der Waals surface area contributed by atoms with Crippen molar-refractivity contribution in [2.45, 2.75) is 26.3 Å². The summed E-state index contributed by atoms with van der Waals surface area (Å²) in [7, 11) is 0. The molecule has 0 fully saturated rings. The topological polar surface area (TPSA) is 51.5 Å². The molecule has 0 saturated heterocycles. The molecule has 1 N–H and O–H groups in total. The molecule has 0 aliphatic heterocycles. The first-order chi connectivity index (χ1) is 13.7. The Labute approximate surface area is 164 Å². The second-order valence-electron chi connectivity index (χ2n) is 6.54. The van der Waals surface area contributed by atoms with Gasteiger partial charge in [0.1, 0.15) is 17.3 Å². The number of ether oxygens (including phenoxy) is 1. The smallest absolute Gasteiger partial charge is 0.338 e. The molecular weight excluding hydrogens is 357 g/mol. The first-order valence-corrected chi connectivity index (χ1v) is 9.47. The van der Waals surface area contributed by atoms with Gasteiger partial charge in [-0.3, -0.25) is 0 Å². The van der Waals surface area contributed by atoms with Gasteiger partial charge < -0.3 is 14.5 Å². The Bertz CT molecular complexity index is 902. The first kappa shape index (κ1) is 19.8. The third-order valence-corrected chi connectivity index (χ3v) is 4.28. The zero-order valence-corrected chi connectivity index (χ0v) is 15.9. The van der Waals surface area contributed by atoms with Gasteiger partial charge >= 0.3 is 5.97 Å². The monoisotopic (exact) mass is 381 g/mol. The molecule has 0 aliphatic carbocycles. The van der Waals surface area contributed by atoms with Crippen molar-refractivity contribution in [2.24, 2.45) is 0 Å². The van der Waals surface area contributed by atoms with Crippen LogP contribution in [0.4, 0.5) is 4.39 Å². The van der Waals surface area contributed by atoms with Crippen LogP contribution in [0.25, 0.3) is 11.3 Å². The third kappa shape index (κ3) is 5.54. The maximum Gasteiger partial charge on any atom is 0.338 e. The number of carbonyl (C=O) groups excluding carboxylic acids is 1. The van der Waals surface area contributed by atoms with Crippen LogP contribution in [-0.2, 0) is 17.7 Å². The molecule has 2 aromatic carbocycles. The Balaban J connectivity index is 1.50. The predicted molar refractivity (Wildman–Crippen MR) is 107 cm³/mol. The summed E-state index contributed by atoms with van der Waals surface area (Å²) < 4.78 is 24.2. The fourth-order valence-corrected chi connectivity index (χ4v) is 2.81. The van der Waals surface area contributed by atoms with E-state index < -0.39 is 0 Å². The summed E-state index contributed by atoms with van der Waals surface area (Å²) in [5.41, 5.74) is 2.39. The molecule has 0 spiro atoms. The van der Waals surface area contributed by atoms with Crippen molar-refractivity contribution in [2.75, 3.05) is 13.2 Å². The Hall–Kier alpha value is -2.92. The highest BCUT2D eigenvalue weighted by Gasteiger charge is 2.09. The van der Waals surface area contributed by atoms with Crippen LogP contribution in [0.1, 0.15) is 35.0 Å². The molecule has 0 amide bonds. The van der Waals surface area contributed by atoms with Crippen molar-refractivity contribution >= 4 is 5.97 Å². The van der Waals surface area contributed by atoms with Gasteiger partial charge in [0.2, 0.25) is 0 Å². The van der Waals surface area contributed by atoms with Crippen molar-refractivity contribution in [3.05, 3.63) is 83.4 Å². The van der Waals surface area contributed by atoms with Crippen LogP contribution < -0.4 is 5.32 Å². The molecule has 1 heterocycles. The van der Waals surface area contributed by atoms with Crippen LogP contribution >= 0.6 is 0 Å². The molecule has 0 aliphatic rings. The average Bonchev–Trinajstić information content (AvgIpc) is 3.18. The second kappa shape index (κ2) is 9.85. The molecule has 0 atom stereocenters. The third-order valence-electron chi connectivity index (χ3n) is 4.28. The van der Waals surface area contributed by atoms with E-state index in [1.165, 1.54) is 6.07 Å². The van der Waals surface area contributed by atoms with Crippen molar-refractivity contribution in [3.63, 3.8) is 0 Å². The largest absolute Gasteiger partial charge is 0.462 e. The van der Waals surface area contributed by atoms with Gasteiger partial charge in [-0.25, -0.2) is 9.18 Å². The number of halogens is 1. The number of rotatable bonds is 9. The highest BCUT2D eigenvalue weighted by atomic mass is 19.1. The molecule has 3 rings (SSSR count). The van der Waals surface area contributed by atoms with Crippen LogP contribution in [0.2, 0.25) is 0 Å². The fraction of sp³-hybridized carbons (Fsp3) is 0.261. The van der Waals surface area contributed by atoms with E-state index in [4.69, 9.17) is 9.15 Å². The number of hydrogen-bond donors (Lipinski definition) is 1. The van der Waals surface area contributed by atoms with Gasteiger partial charge in [-0.2, -0.15) is 0 Å². The highest BCUT2D eigenvalue weighted by Crippen LogP contribution is 2.23. The van der Waals surface area contributed by atoms with Gasteiger partial charge in [0.25, 0.3) is 0 Å². The Kier molecular flexibility index (Phi) is 6.98. The van der Waals surface area contributed by atoms with Crippen LogP contribution in [0, 0.1) is 5.82 Å². The van der Waals surface area contributed by atoms with Gasteiger partial charge in [-0.1, -0.05) is 31.2 Å². The van der Waals surface area contributed by atoms with Crippen molar-refractivity contribution in [1.29, 1.82) is 0 Å². The van der Waals surface area contributed by atoms with Gasteiger partial charge in [0.15, 0.2) is 0 Å². The Morgan fingerprint density at radius 3 is 2.68 bits per heavy atom. The van der Waals surface area contributed by atoms with E-state index in [9.17, 15) is 9.18 Å². The minimum absolute atomic E-state index is 0.210. The predicted octanol–water partition coefficient (Wildman–Crippen LogP) is 4.98. The number of furan rings is 1. The van der Waals surface area contributed by atoms with Crippen LogP contribution in [0.15, 0.2) is 65.1 Å². The summed E-state index contributed by atoms with van der Waals surface area (Å²) in [5.74, 6) is 1.05. The lowest BCUT2D eigenvalue weighted by Crippen LogP contribution is -2.16. The van der Waals surface area contributed by atoms with Crippen molar-refractivity contribution < 1.29 is 18.3 Å². The molecular formula is C23H24FNO3. The fourth-order valence-electron chi connectivity index (χ4n) is 2.81. The van der Waals surface area contributed by atoms with Gasteiger partial charge in [-0.15, -0.1) is 0 Å². The number of benzene rings is 2. The summed E-state index contributed by atoms with van der Waals surface area (Å²) in [6.07, 6.45) is 1.55. The molecule has 0 radical (unpaired) electrons. The normalized spacial score (nSPS) is 10.8. The van der Waals surface area contributed by atoms with Gasteiger partial charge in [-0.05, 0) is 61.3 Å². The summed E-state index contributed by atoms with van der Waals surface area (Å²) >= 11 is 0. The molecule has 0 bridgehead atoms. The van der Waals surface area contributed by atoms with E-state index in [2.05, 4.69) is 5.32 Å². The lowest BCUT2D eigenvalue weighted by Gasteiger charge is -2.04. The van der Waals surface area contributed by atoms with Crippen LogP contribution in [0.5, 0.6) is 0 Å². The van der Waals surface area contributed by atoms with E-state index in [0.717, 1.165) is 42.0 Å². The quantitative estimate of drug-likeness (QED) is 0.419. The summed E-state index contributed by atoms with van der Waals surface area (Å²) in [4.78, 5) is 11.8. The molecule has 1 aromatic heterocycles. The average molecular weight is 381 g/mol. The molecule has 3 aromatic rings. The highest BCUT2D eigenvalue weighted by molar-refractivity contribution is 5.89. The molecule has 4 nitrogen and oxygen atoms in total. The van der Waals surface area contributed by atoms with E-state index in [0.29, 0.717) is 18.7 Å². The molecule has 146 valence electrons. The lowest BCUT2D eigenvalue weighted by molar-refractivity contribution is 0.0505. The molecule has 0 saturated carbocycles. The molecule has 28 heavy (non-hydrogen) atoms. The second-order valence-corrected chi connectivity index (χ2v) is 6.54. The SMILES string of the molecule is CCCOC(=O)c1ccc(-c2ccc(CNCCc3cccc(F)c3)o2)cc1. The van der Waals surface area contributed by atoms with Crippen molar-refractivity contribution in [3.8, 4) is 11.3 Å². The summed E-state index contributed by atoms with van der Waals surface area (Å²) in [6.45, 7) is 3.71. The lowest BCUT2D eigenvalue weighted by atomic mass is 10.1. The van der Waals surface area contributed by atoms with Gasteiger partial charge in [0, 0.05) is 5.56 Å². The first-order valence-electron chi connectivity index (χ1n) is 9.47. The zero-order valence-electron chi connectivity index (χ0n) is 15.9. The number of esters is 1. The Morgan fingerprint density at radius 1 is 1.11 bits per heavy atom. The minimum atomic E-state index is -0.309. The van der Waals surface area contributed by atoms with Crippen LogP contribution in [0.3, 0.4) is 0 Å². The standard InChI is InChI=1S/C23H24FNO3/c1-2-14-27-23(26)19-8-6-18(7-9-19)22-11-10-21(28-22)16-25-13-12-17-4-3-5-20(24)15-17/h3-11,15,25H,2,12-14,16H2,1H3. The van der Waals surface area contributed by atoms with Gasteiger partial charge in [0.05, 0.1) is 18.7 Å². The molecule has 0 unspecified atom stereocenters. The summed E-state index contributed by atoms with van der Waals surface area (Å²) in [6, 6.07) is 17.7. The number of hydrogen-bond acceptors (Lipinski definition) is 4. The number of nitrogens with one attached hydrogen (secondary N) is 1. The number of carbonyl (C=O) groups is 1. The van der Waals surface area contributed by atoms with Crippen molar-refractivity contribution in [1.82, 2.24) is 5.32 Å². The maximum absolute atomic E-state index is 13.2. The zero-order chi connectivity index (χ0) is 19.8. The van der Waals surface area contributed by atoms with E-state index in [-0.39, 0.29) is 11.8 Å². The van der Waals surface area contributed by atoms with E-state index in [1.807, 2.05) is 37.3 Å². The Morgan fingerprint density at radius 2 is 1.93 bits per heavy atom. The minimum Gasteiger partial charge on any atom is -0.462 e. The maximum atomic E-state index is 13.2. The van der Waals surface area contributed by atoms with E-state index >= 15 is 0 Å².